The second-order valence-electron chi connectivity index (χ2n) is 2.05. The molecule has 0 radical (unpaired) electrons. The van der Waals surface area contributed by atoms with Crippen LogP contribution in [0.1, 0.15) is 0 Å². The average molecular weight is 139 g/mol. The van der Waals surface area contributed by atoms with Crippen molar-refractivity contribution in [3.63, 3.8) is 0 Å². The van der Waals surface area contributed by atoms with Crippen LogP contribution in [0.3, 0.4) is 0 Å². The molecular weight excluding hydrogens is 126 g/mol. The number of nitrogens with zero attached hydrogens (tertiary/aromatic N) is 2. The number of rotatable bonds is 1. The fraction of sp³-hybridized carbons (Fsp3) is 1.00. The van der Waals surface area contributed by atoms with E-state index in [-0.39, 0.29) is 0 Å². The van der Waals surface area contributed by atoms with E-state index in [1.54, 1.807) is 0 Å². The molecule has 0 aliphatic rings. The Hall–Kier alpha value is 0.780. The summed E-state index contributed by atoms with van der Waals surface area (Å²) in [7, 11) is 11.4. The van der Waals surface area contributed by atoms with Gasteiger partial charge in [-0.25, -0.2) is 4.36 Å². The van der Waals surface area contributed by atoms with Gasteiger partial charge in [0.1, 0.15) is 0 Å². The molecule has 0 amide bonds. The molecule has 0 spiro atoms. The van der Waals surface area contributed by atoms with Gasteiger partial charge in [-0.2, -0.15) is 0 Å². The third kappa shape index (κ3) is 3.37. The summed E-state index contributed by atoms with van der Waals surface area (Å²) in [5.41, 5.74) is 0. The predicted molar refractivity (Wildman–Crippen MR) is 39.3 cm³/mol. The van der Waals surface area contributed by atoms with Crippen LogP contribution >= 0.6 is 18.8 Å². The van der Waals surface area contributed by atoms with Crippen molar-refractivity contribution < 1.29 is 4.36 Å². The van der Waals surface area contributed by atoms with Crippen LogP contribution in [0.25, 0.3) is 0 Å². The SMILES string of the molecule is CN(P)[N+](C)(C)P. The zero-order valence-corrected chi connectivity index (χ0v) is 7.36. The highest BCUT2D eigenvalue weighted by atomic mass is 31.0. The Morgan fingerprint density at radius 2 is 1.57 bits per heavy atom. The van der Waals surface area contributed by atoms with Gasteiger partial charge in [0.2, 0.25) is 0 Å². The Morgan fingerprint density at radius 1 is 1.43 bits per heavy atom. The molecular formula is C3H13N2P2+. The molecule has 0 saturated carbocycles. The van der Waals surface area contributed by atoms with Crippen LogP contribution in [-0.2, 0) is 0 Å². The molecule has 0 aromatic carbocycles. The number of hydrogen-bond donors (Lipinski definition) is 0. The molecule has 0 fully saturated rings. The van der Waals surface area contributed by atoms with E-state index in [1.807, 2.05) is 11.8 Å². The molecule has 2 atom stereocenters. The van der Waals surface area contributed by atoms with E-state index in [0.717, 1.165) is 4.36 Å². The van der Waals surface area contributed by atoms with E-state index in [1.165, 1.54) is 0 Å². The minimum atomic E-state index is 0.769. The fourth-order valence-electron chi connectivity index (χ4n) is 0. The summed E-state index contributed by atoms with van der Waals surface area (Å²) in [6.45, 7) is 0. The third-order valence-electron chi connectivity index (χ3n) is 0.813. The van der Waals surface area contributed by atoms with Crippen LogP contribution in [0.2, 0.25) is 0 Å². The summed E-state index contributed by atoms with van der Waals surface area (Å²) in [4.78, 5) is 0. The Kier molecular flexibility index (Phi) is 2.63. The lowest BCUT2D eigenvalue weighted by Gasteiger charge is -2.28. The highest BCUT2D eigenvalue weighted by Gasteiger charge is 2.08. The molecule has 2 nitrogen and oxygen atoms in total. The molecule has 0 heterocycles. The van der Waals surface area contributed by atoms with Gasteiger partial charge in [0.05, 0.1) is 23.5 Å². The molecule has 0 bridgehead atoms. The predicted octanol–water partition coefficient (Wildman–Crippen LogP) is 0.490. The average Bonchev–Trinajstić information content (AvgIpc) is 1.31. The second-order valence-corrected chi connectivity index (χ2v) is 4.06. The van der Waals surface area contributed by atoms with Gasteiger partial charge in [-0.3, -0.25) is 0 Å². The Balaban J connectivity index is 3.54. The lowest BCUT2D eigenvalue weighted by Crippen LogP contribution is -2.36. The third-order valence-corrected chi connectivity index (χ3v) is 2.04. The van der Waals surface area contributed by atoms with Crippen LogP contribution in [0, 0.1) is 0 Å². The minimum absolute atomic E-state index is 0.769. The summed E-state index contributed by atoms with van der Waals surface area (Å²) < 4.78 is 2.77. The van der Waals surface area contributed by atoms with Gasteiger partial charge in [-0.05, 0) is 9.39 Å². The Labute approximate surface area is 49.9 Å². The van der Waals surface area contributed by atoms with Crippen LogP contribution in [0.5, 0.6) is 0 Å². The smallest absolute Gasteiger partial charge is 0.0949 e. The molecule has 0 rings (SSSR count). The summed E-state index contributed by atoms with van der Waals surface area (Å²) in [5, 5.41) is 0. The summed E-state index contributed by atoms with van der Waals surface area (Å²) in [5.74, 6) is 0. The van der Waals surface area contributed by atoms with Gasteiger partial charge in [0, 0.05) is 7.05 Å². The lowest BCUT2D eigenvalue weighted by atomic mass is 11.1. The molecule has 4 heteroatoms. The van der Waals surface area contributed by atoms with Crippen molar-refractivity contribution in [2.75, 3.05) is 21.1 Å². The van der Waals surface area contributed by atoms with Gasteiger partial charge in [0.15, 0.2) is 0 Å². The van der Waals surface area contributed by atoms with Crippen molar-refractivity contribution in [2.24, 2.45) is 0 Å². The van der Waals surface area contributed by atoms with E-state index in [9.17, 15) is 0 Å². The van der Waals surface area contributed by atoms with Crippen molar-refractivity contribution in [3.05, 3.63) is 0 Å². The first-order chi connectivity index (χ1) is 2.94. The molecule has 2 unspecified atom stereocenters. The van der Waals surface area contributed by atoms with Gasteiger partial charge in [-0.15, -0.1) is 4.78 Å². The molecule has 0 aromatic heterocycles. The van der Waals surface area contributed by atoms with Crippen LogP contribution in [0.4, 0.5) is 0 Å². The normalized spacial score (nSPS) is 12.9. The molecule has 0 aliphatic carbocycles. The molecule has 44 valence electrons. The van der Waals surface area contributed by atoms with E-state index in [0.29, 0.717) is 0 Å². The summed E-state index contributed by atoms with van der Waals surface area (Å²) in [6.07, 6.45) is 0. The first-order valence-corrected chi connectivity index (χ1v) is 3.09. The van der Waals surface area contributed by atoms with E-state index < -0.39 is 0 Å². The molecule has 0 saturated heterocycles. The largest absolute Gasteiger partial charge is 0.237 e. The number of hydrogen-bond acceptors (Lipinski definition) is 1. The van der Waals surface area contributed by atoms with E-state index in [4.69, 9.17) is 0 Å². The molecule has 0 N–H and O–H groups in total. The van der Waals surface area contributed by atoms with E-state index >= 15 is 0 Å². The van der Waals surface area contributed by atoms with Crippen molar-refractivity contribution in [2.45, 2.75) is 0 Å². The van der Waals surface area contributed by atoms with Crippen LogP contribution in [0.15, 0.2) is 0 Å². The minimum Gasteiger partial charge on any atom is -0.237 e. The summed E-state index contributed by atoms with van der Waals surface area (Å²) in [6, 6.07) is 0. The first-order valence-electron chi connectivity index (χ1n) is 2.06. The highest BCUT2D eigenvalue weighted by Crippen LogP contribution is 2.13. The van der Waals surface area contributed by atoms with Gasteiger partial charge in [-0.1, -0.05) is 0 Å². The zero-order valence-electron chi connectivity index (χ0n) is 5.05. The topological polar surface area (TPSA) is 3.24 Å². The highest BCUT2D eigenvalue weighted by molar-refractivity contribution is 7.14. The zero-order chi connectivity index (χ0) is 6.08. The standard InChI is InChI=1S/C3H13N2P2/c1-4(6)5(2,3)7/h6-7H2,1-3H3/q+1. The van der Waals surface area contributed by atoms with Gasteiger partial charge >= 0.3 is 0 Å². The van der Waals surface area contributed by atoms with Gasteiger partial charge < -0.3 is 0 Å². The van der Waals surface area contributed by atoms with Crippen molar-refractivity contribution in [1.82, 2.24) is 4.78 Å². The maximum Gasteiger partial charge on any atom is 0.0949 e. The van der Waals surface area contributed by atoms with Crippen molar-refractivity contribution >= 4 is 18.8 Å². The first kappa shape index (κ1) is 7.78. The second kappa shape index (κ2) is 2.37. The maximum absolute atomic E-state index is 2.67. The lowest BCUT2D eigenvalue weighted by molar-refractivity contribution is -0.858. The number of quaternary nitrogens is 1. The van der Waals surface area contributed by atoms with Crippen molar-refractivity contribution in [1.29, 1.82) is 0 Å². The maximum atomic E-state index is 2.67. The molecule has 7 heavy (non-hydrogen) atoms. The molecule has 0 aromatic rings. The Morgan fingerprint density at radius 3 is 1.57 bits per heavy atom. The quantitative estimate of drug-likeness (QED) is 0.377. The van der Waals surface area contributed by atoms with Gasteiger partial charge in [0.25, 0.3) is 0 Å². The summed E-state index contributed by atoms with van der Waals surface area (Å²) >= 11 is 0. The Bertz CT molecular complexity index is 56.4. The van der Waals surface area contributed by atoms with Crippen LogP contribution < -0.4 is 0 Å². The molecule has 0 aliphatic heterocycles. The van der Waals surface area contributed by atoms with Crippen molar-refractivity contribution in [3.8, 4) is 0 Å². The van der Waals surface area contributed by atoms with Crippen LogP contribution in [-0.4, -0.2) is 30.3 Å². The van der Waals surface area contributed by atoms with E-state index in [2.05, 4.69) is 32.9 Å². The fourth-order valence-corrected chi connectivity index (χ4v) is 0. The monoisotopic (exact) mass is 139 g/mol.